The molecule has 0 aliphatic heterocycles. The zero-order valence-electron chi connectivity index (χ0n) is 38.2. The fourth-order valence-electron chi connectivity index (χ4n) is 8.38. The molecule has 2 aliphatic carbocycles. The van der Waals surface area contributed by atoms with Crippen LogP contribution in [0.15, 0.2) is 133 Å². The first-order valence-electron chi connectivity index (χ1n) is 22.6. The Bertz CT molecular complexity index is 2760. The number of ether oxygens (including phenoxy) is 5. The van der Waals surface area contributed by atoms with Crippen LogP contribution in [0.3, 0.4) is 0 Å². The van der Waals surface area contributed by atoms with Crippen molar-refractivity contribution in [2.24, 2.45) is 0 Å². The summed E-state index contributed by atoms with van der Waals surface area (Å²) in [5.41, 5.74) is 11.2. The van der Waals surface area contributed by atoms with Gasteiger partial charge < -0.3 is 28.8 Å². The van der Waals surface area contributed by atoms with Gasteiger partial charge in [0.25, 0.3) is 0 Å². The monoisotopic (exact) mass is 906 g/mol. The molecule has 0 bridgehead atoms. The number of hydrogen-bond acceptors (Lipinski definition) is 7. The van der Waals surface area contributed by atoms with Crippen LogP contribution in [0.5, 0.6) is 23.0 Å². The van der Waals surface area contributed by atoms with Gasteiger partial charge in [-0.3, -0.25) is 9.59 Å². The van der Waals surface area contributed by atoms with Gasteiger partial charge in [0.05, 0.1) is 21.3 Å². The number of halogens is 2. The molecule has 6 aromatic rings. The SMILES string of the molecule is COC(=O)CCc1cccc(OCc2ccc(-c3cc(OC)ccc3F)c(C3=CCCC3)c2)c1.COc1ccc(F)c(-c2ccc(COc3cccc(CCC(=O)O)c3)cc2C2=CCCC2)c1. The van der Waals surface area contributed by atoms with E-state index in [1.165, 1.54) is 30.4 Å². The second-order valence-electron chi connectivity index (χ2n) is 16.5. The summed E-state index contributed by atoms with van der Waals surface area (Å²) in [6.07, 6.45) is 12.2. The molecule has 10 heteroatoms. The fourth-order valence-corrected chi connectivity index (χ4v) is 8.38. The number of carboxylic acids is 1. The summed E-state index contributed by atoms with van der Waals surface area (Å²) in [6.45, 7) is 0.755. The van der Waals surface area contributed by atoms with E-state index >= 15 is 0 Å². The maximum atomic E-state index is 14.8. The van der Waals surface area contributed by atoms with E-state index in [4.69, 9.17) is 28.8 Å². The molecule has 67 heavy (non-hydrogen) atoms. The first-order chi connectivity index (χ1) is 32.6. The summed E-state index contributed by atoms with van der Waals surface area (Å²) in [4.78, 5) is 22.2. The average Bonchev–Trinajstić information content (AvgIpc) is 4.11. The van der Waals surface area contributed by atoms with Crippen LogP contribution in [0, 0.1) is 11.6 Å². The fraction of sp³-hybridized carbons (Fsp3) is 0.263. The van der Waals surface area contributed by atoms with Crippen molar-refractivity contribution in [1.29, 1.82) is 0 Å². The maximum Gasteiger partial charge on any atom is 0.305 e. The number of esters is 1. The van der Waals surface area contributed by atoms with Crippen LogP contribution in [0.2, 0.25) is 0 Å². The molecule has 6 aromatic carbocycles. The summed E-state index contributed by atoms with van der Waals surface area (Å²) in [6, 6.07) is 36.9. The van der Waals surface area contributed by atoms with Crippen LogP contribution in [0.1, 0.15) is 84.7 Å². The molecule has 0 saturated carbocycles. The first kappa shape index (κ1) is 47.8. The Morgan fingerprint density at radius 1 is 0.507 bits per heavy atom. The lowest BCUT2D eigenvalue weighted by Gasteiger charge is -2.15. The lowest BCUT2D eigenvalue weighted by atomic mass is 9.92. The Balaban J connectivity index is 0.000000199. The van der Waals surface area contributed by atoms with E-state index in [0.717, 1.165) is 88.8 Å². The molecule has 0 fully saturated rings. The number of methoxy groups -OCH3 is 3. The molecule has 0 aromatic heterocycles. The quantitative estimate of drug-likeness (QED) is 0.0851. The van der Waals surface area contributed by atoms with Gasteiger partial charge >= 0.3 is 11.9 Å². The Morgan fingerprint density at radius 2 is 0.985 bits per heavy atom. The number of aliphatic carboxylic acids is 1. The van der Waals surface area contributed by atoms with Gasteiger partial charge in [-0.25, -0.2) is 8.78 Å². The van der Waals surface area contributed by atoms with Crippen LogP contribution >= 0.6 is 0 Å². The van der Waals surface area contributed by atoms with E-state index in [9.17, 15) is 18.4 Å². The molecule has 0 atom stereocenters. The summed E-state index contributed by atoms with van der Waals surface area (Å²) in [5, 5.41) is 8.90. The summed E-state index contributed by atoms with van der Waals surface area (Å²) in [5.74, 6) is 1.09. The van der Waals surface area contributed by atoms with Crippen molar-refractivity contribution in [3.8, 4) is 45.3 Å². The number of allylic oxidation sites excluding steroid dienone is 4. The van der Waals surface area contributed by atoms with Gasteiger partial charge in [-0.15, -0.1) is 0 Å². The molecule has 346 valence electrons. The Labute approximate surface area is 391 Å². The number of rotatable bonds is 18. The molecule has 0 radical (unpaired) electrons. The van der Waals surface area contributed by atoms with Crippen molar-refractivity contribution in [3.05, 3.63) is 178 Å². The molecule has 0 saturated heterocycles. The minimum absolute atomic E-state index is 0.0875. The minimum atomic E-state index is -0.817. The first-order valence-corrected chi connectivity index (χ1v) is 22.6. The molecule has 0 amide bonds. The van der Waals surface area contributed by atoms with Crippen molar-refractivity contribution >= 4 is 23.1 Å². The van der Waals surface area contributed by atoms with Crippen LogP contribution in [0.4, 0.5) is 8.78 Å². The predicted molar refractivity (Wildman–Crippen MR) is 258 cm³/mol. The maximum absolute atomic E-state index is 14.8. The third-order valence-corrected chi connectivity index (χ3v) is 12.0. The molecule has 8 nitrogen and oxygen atoms in total. The molecule has 2 aliphatic rings. The van der Waals surface area contributed by atoms with Crippen LogP contribution in [-0.4, -0.2) is 38.4 Å². The van der Waals surface area contributed by atoms with E-state index in [0.29, 0.717) is 60.9 Å². The highest BCUT2D eigenvalue weighted by Gasteiger charge is 2.19. The third kappa shape index (κ3) is 13.0. The van der Waals surface area contributed by atoms with Gasteiger partial charge in [-0.05, 0) is 180 Å². The third-order valence-electron chi connectivity index (χ3n) is 12.0. The highest BCUT2D eigenvalue weighted by atomic mass is 19.1. The van der Waals surface area contributed by atoms with Crippen molar-refractivity contribution in [1.82, 2.24) is 0 Å². The standard InChI is InChI=1S/C29H29FO4.C28H27FO4/c1-32-23-12-14-28(30)27(18-23)25-13-10-21(17-26(25)22-7-3-4-8-22)19-34-24-9-5-6-20(16-24)11-15-29(31)33-2;1-32-22-11-13-27(29)26(17-22)24-12-9-20(16-25(24)21-6-2-3-7-21)18-33-23-8-4-5-19(15-23)10-14-28(30)31/h5-7,9-10,12-14,16-18H,3-4,8,11,15,19H2,1-2H3;4-6,8-9,11-13,15-17H,2-3,7,10,14,18H2,1H3,(H,30,31). The number of carboxylic acid groups (broad SMARTS) is 1. The van der Waals surface area contributed by atoms with Crippen LogP contribution in [0.25, 0.3) is 33.4 Å². The largest absolute Gasteiger partial charge is 0.497 e. The molecule has 0 spiro atoms. The van der Waals surface area contributed by atoms with E-state index in [1.807, 2.05) is 72.8 Å². The second kappa shape index (κ2) is 23.3. The van der Waals surface area contributed by atoms with Gasteiger partial charge in [0.15, 0.2) is 0 Å². The number of benzene rings is 6. The van der Waals surface area contributed by atoms with Gasteiger partial charge in [-0.1, -0.05) is 60.7 Å². The topological polar surface area (TPSA) is 101 Å². The van der Waals surface area contributed by atoms with Crippen LogP contribution < -0.4 is 18.9 Å². The number of carbonyl (C=O) groups is 2. The van der Waals surface area contributed by atoms with Crippen molar-refractivity contribution in [2.75, 3.05) is 21.3 Å². The van der Waals surface area contributed by atoms with E-state index < -0.39 is 5.97 Å². The van der Waals surface area contributed by atoms with Gasteiger partial charge in [-0.2, -0.15) is 0 Å². The van der Waals surface area contributed by atoms with Crippen molar-refractivity contribution in [2.45, 2.75) is 77.4 Å². The highest BCUT2D eigenvalue weighted by molar-refractivity contribution is 5.84. The van der Waals surface area contributed by atoms with Gasteiger partial charge in [0.1, 0.15) is 47.8 Å². The van der Waals surface area contributed by atoms with E-state index in [-0.39, 0.29) is 24.0 Å². The van der Waals surface area contributed by atoms with Crippen LogP contribution in [-0.2, 0) is 40.4 Å². The summed E-state index contributed by atoms with van der Waals surface area (Å²) < 4.78 is 56.9. The lowest BCUT2D eigenvalue weighted by Crippen LogP contribution is -2.02. The number of carbonyl (C=O) groups excluding carboxylic acids is 1. The second-order valence-corrected chi connectivity index (χ2v) is 16.5. The molecular formula is C57H56F2O8. The lowest BCUT2D eigenvalue weighted by molar-refractivity contribution is -0.140. The van der Waals surface area contributed by atoms with E-state index in [2.05, 4.69) is 24.3 Å². The van der Waals surface area contributed by atoms with Gasteiger partial charge in [0, 0.05) is 24.0 Å². The molecule has 1 N–H and O–H groups in total. The highest BCUT2D eigenvalue weighted by Crippen LogP contribution is 2.40. The smallest absolute Gasteiger partial charge is 0.305 e. The van der Waals surface area contributed by atoms with Gasteiger partial charge in [0.2, 0.25) is 0 Å². The average molecular weight is 907 g/mol. The number of hydrogen-bond donors (Lipinski definition) is 1. The Morgan fingerprint density at radius 3 is 1.40 bits per heavy atom. The Kier molecular flexibility index (Phi) is 16.6. The molecule has 8 rings (SSSR count). The molecular weight excluding hydrogens is 851 g/mol. The summed E-state index contributed by atoms with van der Waals surface area (Å²) in [7, 11) is 4.56. The zero-order chi connectivity index (χ0) is 47.1. The number of aryl methyl sites for hydroxylation is 2. The van der Waals surface area contributed by atoms with E-state index in [1.54, 1.807) is 38.5 Å². The molecule has 0 heterocycles. The normalized spacial score (nSPS) is 12.9. The predicted octanol–water partition coefficient (Wildman–Crippen LogP) is 13.4. The summed E-state index contributed by atoms with van der Waals surface area (Å²) >= 11 is 0. The zero-order valence-corrected chi connectivity index (χ0v) is 38.2. The minimum Gasteiger partial charge on any atom is -0.497 e. The molecule has 0 unspecified atom stereocenters. The van der Waals surface area contributed by atoms with Crippen molar-refractivity contribution in [3.63, 3.8) is 0 Å². The Hall–Kier alpha value is -7.20. The van der Waals surface area contributed by atoms with Crippen molar-refractivity contribution < 1.29 is 47.2 Å².